The van der Waals surface area contributed by atoms with E-state index in [0.29, 0.717) is 6.61 Å². The molecule has 0 N–H and O–H groups in total. The molecule has 0 spiro atoms. The maximum atomic E-state index is 6.00. The Morgan fingerprint density at radius 3 is 2.00 bits per heavy atom. The first kappa shape index (κ1) is 16.9. The Balaban J connectivity index is 2.86. The van der Waals surface area contributed by atoms with Crippen LogP contribution in [0.3, 0.4) is 0 Å². The second-order valence-corrected chi connectivity index (χ2v) is 7.29. The molecule has 1 rings (SSSR count). The molecule has 0 saturated carbocycles. The van der Waals surface area contributed by atoms with Gasteiger partial charge in [0.15, 0.2) is 0 Å². The molecule has 0 atom stereocenters. The predicted molar refractivity (Wildman–Crippen MR) is 91.9 cm³/mol. The van der Waals surface area contributed by atoms with Gasteiger partial charge in [-0.15, -0.1) is 0 Å². The van der Waals surface area contributed by atoms with Gasteiger partial charge in [-0.25, -0.2) is 0 Å². The average molecular weight is 461 g/mol. The lowest BCUT2D eigenvalue weighted by atomic mass is 9.85. The fourth-order valence-electron chi connectivity index (χ4n) is 1.62. The highest BCUT2D eigenvalue weighted by atomic mass is 79.9. The van der Waals surface area contributed by atoms with Crippen LogP contribution in [0.4, 0.5) is 0 Å². The van der Waals surface area contributed by atoms with Crippen LogP contribution in [0.1, 0.15) is 26.7 Å². The largest absolute Gasteiger partial charge is 0.491 e. The van der Waals surface area contributed by atoms with Crippen molar-refractivity contribution in [2.75, 3.05) is 12.4 Å². The van der Waals surface area contributed by atoms with Crippen molar-refractivity contribution >= 4 is 60.4 Å². The van der Waals surface area contributed by atoms with Gasteiger partial charge in [-0.1, -0.05) is 29.8 Å². The molecule has 0 saturated heterocycles. The first-order valence-electron chi connectivity index (χ1n) is 5.86. The average Bonchev–Trinajstić information content (AvgIpc) is 2.33. The maximum absolute atomic E-state index is 6.00. The number of hydrogen-bond donors (Lipinski definition) is 1. The van der Waals surface area contributed by atoms with Gasteiger partial charge in [0, 0.05) is 9.89 Å². The second-order valence-electron chi connectivity index (χ2n) is 4.35. The lowest BCUT2D eigenvalue weighted by Gasteiger charge is -2.30. The van der Waals surface area contributed by atoms with Crippen LogP contribution in [-0.2, 0) is 0 Å². The van der Waals surface area contributed by atoms with Gasteiger partial charge >= 0.3 is 0 Å². The van der Waals surface area contributed by atoms with E-state index >= 15 is 0 Å². The Kier molecular flexibility index (Phi) is 7.08. The van der Waals surface area contributed by atoms with Gasteiger partial charge in [0.25, 0.3) is 0 Å². The molecule has 0 heterocycles. The first-order chi connectivity index (χ1) is 8.48. The summed E-state index contributed by atoms with van der Waals surface area (Å²) in [4.78, 5) is 0. The summed E-state index contributed by atoms with van der Waals surface area (Å²) in [6.45, 7) is 5.06. The zero-order valence-electron chi connectivity index (χ0n) is 10.5. The van der Waals surface area contributed by atoms with E-state index in [2.05, 4.69) is 74.3 Å². The SMILES string of the molecule is CCC(CC)(CS)COc1c(Br)cc(Br)cc1Br. The summed E-state index contributed by atoms with van der Waals surface area (Å²) in [5.74, 6) is 1.69. The number of ether oxygens (including phenoxy) is 1. The standard InChI is InChI=1S/C13H17Br3OS/c1-3-13(4-2,8-18)7-17-12-10(15)5-9(14)6-11(12)16/h5-6,18H,3-4,7-8H2,1-2H3. The normalized spacial score (nSPS) is 11.7. The Morgan fingerprint density at radius 1 is 1.11 bits per heavy atom. The van der Waals surface area contributed by atoms with Crippen molar-refractivity contribution in [3.63, 3.8) is 0 Å². The van der Waals surface area contributed by atoms with Crippen LogP contribution in [0.15, 0.2) is 25.6 Å². The quantitative estimate of drug-likeness (QED) is 0.505. The number of rotatable bonds is 6. The third-order valence-electron chi connectivity index (χ3n) is 3.32. The fraction of sp³-hybridized carbons (Fsp3) is 0.538. The molecule has 0 fully saturated rings. The molecule has 1 nitrogen and oxygen atoms in total. The van der Waals surface area contributed by atoms with Gasteiger partial charge in [0.1, 0.15) is 5.75 Å². The monoisotopic (exact) mass is 458 g/mol. The molecular weight excluding hydrogens is 444 g/mol. The van der Waals surface area contributed by atoms with Crippen molar-refractivity contribution in [2.45, 2.75) is 26.7 Å². The molecule has 0 amide bonds. The first-order valence-corrected chi connectivity index (χ1v) is 8.87. The zero-order chi connectivity index (χ0) is 13.8. The number of halogens is 3. The Hall–Kier alpha value is 0.810. The highest BCUT2D eigenvalue weighted by molar-refractivity contribution is 9.11. The molecule has 0 aliphatic carbocycles. The third kappa shape index (κ3) is 4.15. The van der Waals surface area contributed by atoms with Crippen LogP contribution >= 0.6 is 60.4 Å². The van der Waals surface area contributed by atoms with Crippen molar-refractivity contribution < 1.29 is 4.74 Å². The Morgan fingerprint density at radius 2 is 1.61 bits per heavy atom. The number of thiol groups is 1. The van der Waals surface area contributed by atoms with Gasteiger partial charge < -0.3 is 4.74 Å². The minimum Gasteiger partial charge on any atom is -0.491 e. The Bertz CT molecular complexity index is 374. The molecule has 0 aliphatic rings. The van der Waals surface area contributed by atoms with E-state index in [1.54, 1.807) is 0 Å². The molecule has 0 bridgehead atoms. The smallest absolute Gasteiger partial charge is 0.147 e. The van der Waals surface area contributed by atoms with E-state index in [9.17, 15) is 0 Å². The van der Waals surface area contributed by atoms with Gasteiger partial charge in [-0.3, -0.25) is 0 Å². The third-order valence-corrected chi connectivity index (χ3v) is 5.63. The van der Waals surface area contributed by atoms with Gasteiger partial charge in [-0.05, 0) is 62.6 Å². The van der Waals surface area contributed by atoms with Crippen molar-refractivity contribution in [3.05, 3.63) is 25.6 Å². The summed E-state index contributed by atoms with van der Waals surface area (Å²) in [5.41, 5.74) is 0.148. The van der Waals surface area contributed by atoms with Crippen molar-refractivity contribution in [1.29, 1.82) is 0 Å². The lowest BCUT2D eigenvalue weighted by Crippen LogP contribution is -2.29. The van der Waals surface area contributed by atoms with Crippen LogP contribution < -0.4 is 4.74 Å². The molecule has 0 radical (unpaired) electrons. The van der Waals surface area contributed by atoms with Gasteiger partial charge in [0.05, 0.1) is 15.6 Å². The van der Waals surface area contributed by atoms with E-state index in [1.807, 2.05) is 12.1 Å². The molecule has 1 aromatic rings. The minimum atomic E-state index is 0.148. The molecule has 0 aliphatic heterocycles. The minimum absolute atomic E-state index is 0.148. The van der Waals surface area contributed by atoms with E-state index in [0.717, 1.165) is 37.8 Å². The van der Waals surface area contributed by atoms with E-state index in [4.69, 9.17) is 4.74 Å². The van der Waals surface area contributed by atoms with Crippen molar-refractivity contribution in [1.82, 2.24) is 0 Å². The molecule has 1 aromatic carbocycles. The van der Waals surface area contributed by atoms with E-state index in [1.165, 1.54) is 0 Å². The van der Waals surface area contributed by atoms with Crippen LogP contribution in [0.2, 0.25) is 0 Å². The van der Waals surface area contributed by atoms with Crippen LogP contribution in [0.25, 0.3) is 0 Å². The highest BCUT2D eigenvalue weighted by Crippen LogP contribution is 2.38. The van der Waals surface area contributed by atoms with Crippen molar-refractivity contribution in [3.8, 4) is 5.75 Å². The summed E-state index contributed by atoms with van der Waals surface area (Å²) in [5, 5.41) is 0. The highest BCUT2D eigenvalue weighted by Gasteiger charge is 2.26. The summed E-state index contributed by atoms with van der Waals surface area (Å²) >= 11 is 15.0. The second kappa shape index (κ2) is 7.55. The zero-order valence-corrected chi connectivity index (χ0v) is 16.1. The molecule has 0 aromatic heterocycles. The molecule has 5 heteroatoms. The van der Waals surface area contributed by atoms with Crippen LogP contribution in [0.5, 0.6) is 5.75 Å². The fourth-order valence-corrected chi connectivity index (χ4v) is 4.64. The van der Waals surface area contributed by atoms with Gasteiger partial charge in [0.2, 0.25) is 0 Å². The molecule has 0 unspecified atom stereocenters. The molecule has 102 valence electrons. The van der Waals surface area contributed by atoms with Crippen molar-refractivity contribution in [2.24, 2.45) is 5.41 Å². The van der Waals surface area contributed by atoms with Gasteiger partial charge in [-0.2, -0.15) is 12.6 Å². The topological polar surface area (TPSA) is 9.23 Å². The number of benzene rings is 1. The van der Waals surface area contributed by atoms with E-state index in [-0.39, 0.29) is 5.41 Å². The summed E-state index contributed by atoms with van der Waals surface area (Å²) in [7, 11) is 0. The molecule has 18 heavy (non-hydrogen) atoms. The molecular formula is C13H17Br3OS. The number of hydrogen-bond acceptors (Lipinski definition) is 2. The van der Waals surface area contributed by atoms with Crippen LogP contribution in [0, 0.1) is 5.41 Å². The lowest BCUT2D eigenvalue weighted by molar-refractivity contribution is 0.155. The van der Waals surface area contributed by atoms with E-state index < -0.39 is 0 Å². The summed E-state index contributed by atoms with van der Waals surface area (Å²) < 4.78 is 8.91. The Labute approximate surface area is 140 Å². The maximum Gasteiger partial charge on any atom is 0.147 e. The van der Waals surface area contributed by atoms with Crippen LogP contribution in [-0.4, -0.2) is 12.4 Å². The predicted octanol–water partition coefficient (Wildman–Crippen LogP) is 6.09. The summed E-state index contributed by atoms with van der Waals surface area (Å²) in [6, 6.07) is 3.97. The summed E-state index contributed by atoms with van der Waals surface area (Å²) in [6.07, 6.45) is 2.14.